The lowest BCUT2D eigenvalue weighted by Gasteiger charge is -2.35. The molecule has 1 amide bonds. The summed E-state index contributed by atoms with van der Waals surface area (Å²) in [4.78, 5) is 25.6. The lowest BCUT2D eigenvalue weighted by atomic mass is 10.2. The number of esters is 1. The number of halogens is 1. The summed E-state index contributed by atoms with van der Waals surface area (Å²) < 4.78 is 11.7. The van der Waals surface area contributed by atoms with Crippen LogP contribution in [0.5, 0.6) is 0 Å². The van der Waals surface area contributed by atoms with Gasteiger partial charge in [0.2, 0.25) is 0 Å². The topological polar surface area (TPSA) is 55.8 Å². The second kappa shape index (κ2) is 7.22. The van der Waals surface area contributed by atoms with Crippen molar-refractivity contribution in [2.45, 2.75) is 26.1 Å². The highest BCUT2D eigenvalue weighted by Crippen LogP contribution is 2.11. The fourth-order valence-corrected chi connectivity index (χ4v) is 2.63. The third-order valence-electron chi connectivity index (χ3n) is 3.18. The Morgan fingerprint density at radius 2 is 1.81 bits per heavy atom. The maximum atomic E-state index is 12.1. The molecule has 21 heavy (non-hydrogen) atoms. The molecule has 0 N–H and O–H groups in total. The number of hydrogen-bond donors (Lipinski definition) is 0. The number of morpholine rings is 1. The Balaban J connectivity index is 1.86. The van der Waals surface area contributed by atoms with Crippen molar-refractivity contribution in [3.05, 3.63) is 33.4 Å². The van der Waals surface area contributed by atoms with E-state index in [9.17, 15) is 9.59 Å². The van der Waals surface area contributed by atoms with Crippen LogP contribution in [-0.4, -0.2) is 48.7 Å². The SMILES string of the molecule is C[C@H]1CN(C(=O)COC(=O)c2ccc(I)cc2)C[C@H](C)O1. The summed E-state index contributed by atoms with van der Waals surface area (Å²) in [5.41, 5.74) is 0.451. The average molecular weight is 403 g/mol. The average Bonchev–Trinajstić information content (AvgIpc) is 2.44. The largest absolute Gasteiger partial charge is 0.452 e. The van der Waals surface area contributed by atoms with Crippen molar-refractivity contribution >= 4 is 34.5 Å². The molecule has 114 valence electrons. The first kappa shape index (κ1) is 16.2. The molecule has 1 fully saturated rings. The maximum absolute atomic E-state index is 12.1. The monoisotopic (exact) mass is 403 g/mol. The first-order valence-electron chi connectivity index (χ1n) is 6.81. The Labute approximate surface area is 137 Å². The molecule has 2 rings (SSSR count). The van der Waals surface area contributed by atoms with E-state index in [0.29, 0.717) is 18.7 Å². The van der Waals surface area contributed by atoms with Gasteiger partial charge in [-0.1, -0.05) is 0 Å². The van der Waals surface area contributed by atoms with Crippen LogP contribution < -0.4 is 0 Å². The normalized spacial score (nSPS) is 22.0. The molecule has 0 spiro atoms. The summed E-state index contributed by atoms with van der Waals surface area (Å²) in [7, 11) is 0. The number of nitrogens with zero attached hydrogens (tertiary/aromatic N) is 1. The summed E-state index contributed by atoms with van der Waals surface area (Å²) in [6.45, 7) is 4.68. The van der Waals surface area contributed by atoms with Gasteiger partial charge < -0.3 is 14.4 Å². The van der Waals surface area contributed by atoms with Crippen LogP contribution in [-0.2, 0) is 14.3 Å². The molecule has 1 aromatic rings. The van der Waals surface area contributed by atoms with Crippen LogP contribution >= 0.6 is 22.6 Å². The van der Waals surface area contributed by atoms with Crippen LogP contribution in [0.1, 0.15) is 24.2 Å². The molecule has 0 bridgehead atoms. The summed E-state index contributed by atoms with van der Waals surface area (Å²) in [6, 6.07) is 7.02. The van der Waals surface area contributed by atoms with Gasteiger partial charge >= 0.3 is 5.97 Å². The number of benzene rings is 1. The van der Waals surface area contributed by atoms with E-state index in [1.165, 1.54) is 0 Å². The van der Waals surface area contributed by atoms with E-state index in [2.05, 4.69) is 22.6 Å². The number of carbonyl (C=O) groups excluding carboxylic acids is 2. The van der Waals surface area contributed by atoms with Crippen LogP contribution in [0.3, 0.4) is 0 Å². The molecular formula is C15H18INO4. The Kier molecular flexibility index (Phi) is 5.58. The highest BCUT2D eigenvalue weighted by atomic mass is 127. The molecule has 2 atom stereocenters. The van der Waals surface area contributed by atoms with E-state index in [1.807, 2.05) is 26.0 Å². The molecule has 0 aliphatic carbocycles. The molecule has 0 saturated carbocycles. The van der Waals surface area contributed by atoms with Gasteiger partial charge in [-0.05, 0) is 60.7 Å². The van der Waals surface area contributed by atoms with Crippen molar-refractivity contribution in [2.75, 3.05) is 19.7 Å². The first-order chi connectivity index (χ1) is 9.95. The molecule has 1 aliphatic rings. The van der Waals surface area contributed by atoms with Gasteiger partial charge in [-0.3, -0.25) is 4.79 Å². The predicted molar refractivity (Wildman–Crippen MR) is 86.0 cm³/mol. The van der Waals surface area contributed by atoms with Crippen molar-refractivity contribution < 1.29 is 19.1 Å². The van der Waals surface area contributed by atoms with Crippen LogP contribution in [0, 0.1) is 3.57 Å². The number of amides is 1. The molecule has 0 unspecified atom stereocenters. The van der Waals surface area contributed by atoms with Gasteiger partial charge in [0.25, 0.3) is 5.91 Å². The molecule has 1 aromatic carbocycles. The van der Waals surface area contributed by atoms with Gasteiger partial charge in [0.15, 0.2) is 6.61 Å². The third kappa shape index (κ3) is 4.67. The van der Waals surface area contributed by atoms with Gasteiger partial charge in [-0.25, -0.2) is 4.79 Å². The predicted octanol–water partition coefficient (Wildman–Crippen LogP) is 2.08. The fourth-order valence-electron chi connectivity index (χ4n) is 2.27. The summed E-state index contributed by atoms with van der Waals surface area (Å²) in [5.74, 6) is -0.662. The molecule has 0 aromatic heterocycles. The zero-order valence-electron chi connectivity index (χ0n) is 12.0. The van der Waals surface area contributed by atoms with Crippen molar-refractivity contribution in [1.82, 2.24) is 4.90 Å². The molecule has 1 saturated heterocycles. The smallest absolute Gasteiger partial charge is 0.338 e. The lowest BCUT2D eigenvalue weighted by molar-refractivity contribution is -0.146. The molecule has 1 heterocycles. The Morgan fingerprint density at radius 1 is 1.24 bits per heavy atom. The quantitative estimate of drug-likeness (QED) is 0.573. The van der Waals surface area contributed by atoms with Gasteiger partial charge in [-0.2, -0.15) is 0 Å². The third-order valence-corrected chi connectivity index (χ3v) is 3.90. The zero-order chi connectivity index (χ0) is 15.4. The molecule has 6 heteroatoms. The first-order valence-corrected chi connectivity index (χ1v) is 7.89. The van der Waals surface area contributed by atoms with Crippen LogP contribution in [0.2, 0.25) is 0 Å². The standard InChI is InChI=1S/C15H18INO4/c1-10-7-17(8-11(2)21-10)14(18)9-20-15(19)12-3-5-13(16)6-4-12/h3-6,10-11H,7-9H2,1-2H3/t10-,11-/m0/s1. The lowest BCUT2D eigenvalue weighted by Crippen LogP contribution is -2.49. The van der Waals surface area contributed by atoms with Gasteiger partial charge in [0, 0.05) is 16.7 Å². The Morgan fingerprint density at radius 3 is 2.38 bits per heavy atom. The van der Waals surface area contributed by atoms with E-state index in [4.69, 9.17) is 9.47 Å². The highest BCUT2D eigenvalue weighted by Gasteiger charge is 2.26. The fraction of sp³-hybridized carbons (Fsp3) is 0.467. The van der Waals surface area contributed by atoms with Gasteiger partial charge in [0.1, 0.15) is 0 Å². The molecule has 1 aliphatic heterocycles. The minimum absolute atomic E-state index is 0.00426. The minimum atomic E-state index is -0.478. The summed E-state index contributed by atoms with van der Waals surface area (Å²) >= 11 is 2.16. The van der Waals surface area contributed by atoms with Crippen molar-refractivity contribution in [3.8, 4) is 0 Å². The van der Waals surface area contributed by atoms with Crippen molar-refractivity contribution in [2.24, 2.45) is 0 Å². The van der Waals surface area contributed by atoms with Crippen LogP contribution in [0.15, 0.2) is 24.3 Å². The molecular weight excluding hydrogens is 385 g/mol. The van der Waals surface area contributed by atoms with Crippen molar-refractivity contribution in [3.63, 3.8) is 0 Å². The van der Waals surface area contributed by atoms with Gasteiger partial charge in [0.05, 0.1) is 17.8 Å². The molecule has 0 radical (unpaired) electrons. The van der Waals surface area contributed by atoms with E-state index < -0.39 is 5.97 Å². The second-order valence-electron chi connectivity index (χ2n) is 5.14. The minimum Gasteiger partial charge on any atom is -0.452 e. The maximum Gasteiger partial charge on any atom is 0.338 e. The highest BCUT2D eigenvalue weighted by molar-refractivity contribution is 14.1. The Bertz CT molecular complexity index is 507. The van der Waals surface area contributed by atoms with E-state index >= 15 is 0 Å². The van der Waals surface area contributed by atoms with E-state index in [0.717, 1.165) is 3.57 Å². The summed E-state index contributed by atoms with van der Waals surface area (Å²) in [5, 5.41) is 0. The summed E-state index contributed by atoms with van der Waals surface area (Å²) in [6.07, 6.45) is 0.00852. The zero-order valence-corrected chi connectivity index (χ0v) is 14.2. The number of hydrogen-bond acceptors (Lipinski definition) is 4. The number of ether oxygens (including phenoxy) is 2. The van der Waals surface area contributed by atoms with Crippen LogP contribution in [0.25, 0.3) is 0 Å². The number of rotatable bonds is 3. The molecule has 5 nitrogen and oxygen atoms in total. The van der Waals surface area contributed by atoms with Gasteiger partial charge in [-0.15, -0.1) is 0 Å². The van der Waals surface area contributed by atoms with E-state index in [-0.39, 0.29) is 24.7 Å². The Hall–Kier alpha value is -1.15. The van der Waals surface area contributed by atoms with E-state index in [1.54, 1.807) is 17.0 Å². The second-order valence-corrected chi connectivity index (χ2v) is 6.38. The van der Waals surface area contributed by atoms with Crippen molar-refractivity contribution in [1.29, 1.82) is 0 Å². The van der Waals surface area contributed by atoms with Crippen LogP contribution in [0.4, 0.5) is 0 Å². The number of carbonyl (C=O) groups is 2.